The number of anilines is 1. The molecule has 55 heavy (non-hydrogen) atoms. The first-order valence-corrected chi connectivity index (χ1v) is 21.5. The van der Waals surface area contributed by atoms with Gasteiger partial charge in [0.05, 0.1) is 5.22 Å². The maximum absolute atomic E-state index is 10.7. The zero-order valence-corrected chi connectivity index (χ0v) is 33.3. The first-order valence-electron chi connectivity index (χ1n) is 19.4. The number of hydrogen-bond donors (Lipinski definition) is 0. The van der Waals surface area contributed by atoms with E-state index in [1.54, 1.807) is 0 Å². The third kappa shape index (κ3) is 4.93. The van der Waals surface area contributed by atoms with Crippen LogP contribution in [0.5, 0.6) is 0 Å². The SMILES string of the molecule is CC(C)c1cccc(C(C)C)c1N1N=[N+](c2c(C(C)C)cccc2C(C)C)[C@]23C4=CC=C5Cc6ccc7c(c6[C@@]512)-c1c(ccc(c13)C4)C7.F[P-](F)(F)(F)(F)F. The van der Waals surface area contributed by atoms with E-state index in [0.29, 0.717) is 23.7 Å². The van der Waals surface area contributed by atoms with Gasteiger partial charge in [0, 0.05) is 33.4 Å². The maximum atomic E-state index is 9.87. The molecule has 0 saturated heterocycles. The molecule has 0 aromatic heterocycles. The van der Waals surface area contributed by atoms with Crippen molar-refractivity contribution in [2.75, 3.05) is 5.01 Å². The third-order valence-corrected chi connectivity index (χ3v) is 12.7. The van der Waals surface area contributed by atoms with E-state index in [1.165, 1.54) is 89.3 Å². The van der Waals surface area contributed by atoms with E-state index in [2.05, 4.69) is 138 Å². The predicted molar refractivity (Wildman–Crippen MR) is 209 cm³/mol. The van der Waals surface area contributed by atoms with Crippen LogP contribution in [-0.2, 0) is 30.3 Å². The van der Waals surface area contributed by atoms with Gasteiger partial charge in [-0.1, -0.05) is 128 Å². The van der Waals surface area contributed by atoms with E-state index in [1.807, 2.05) is 0 Å². The fraction of sp³-hybridized carbons (Fsp3) is 0.378. The molecule has 3 nitrogen and oxygen atoms in total. The molecule has 1 heterocycles. The van der Waals surface area contributed by atoms with Crippen LogP contribution in [-0.4, -0.2) is 4.70 Å². The molecule has 0 radical (unpaired) electrons. The molecule has 1 aliphatic heterocycles. The van der Waals surface area contributed by atoms with Crippen molar-refractivity contribution < 1.29 is 29.9 Å². The Kier molecular flexibility index (Phi) is 7.14. The average molecular weight is 774 g/mol. The van der Waals surface area contributed by atoms with Gasteiger partial charge in [0.1, 0.15) is 0 Å². The summed E-state index contributed by atoms with van der Waals surface area (Å²) in [6.45, 7) is 18.9. The second-order valence-corrected chi connectivity index (χ2v) is 19.4. The molecule has 6 aliphatic rings. The van der Waals surface area contributed by atoms with Crippen molar-refractivity contribution in [3.63, 3.8) is 0 Å². The van der Waals surface area contributed by atoms with Crippen molar-refractivity contribution in [3.05, 3.63) is 140 Å². The summed E-state index contributed by atoms with van der Waals surface area (Å²) in [6.07, 6.45) is 7.99. The molecule has 4 aromatic carbocycles. The second kappa shape index (κ2) is 10.8. The van der Waals surface area contributed by atoms with Crippen molar-refractivity contribution in [1.29, 1.82) is 0 Å². The van der Waals surface area contributed by atoms with Gasteiger partial charge in [-0.15, -0.1) is 9.71 Å². The molecule has 0 amide bonds. The van der Waals surface area contributed by atoms with E-state index in [4.69, 9.17) is 5.22 Å². The second-order valence-electron chi connectivity index (χ2n) is 17.5. The summed E-state index contributed by atoms with van der Waals surface area (Å²) in [5, 5.41) is 8.79. The molecule has 10 heteroatoms. The predicted octanol–water partition coefficient (Wildman–Crippen LogP) is 14.7. The van der Waals surface area contributed by atoms with Crippen molar-refractivity contribution in [2.24, 2.45) is 5.22 Å². The summed E-state index contributed by atoms with van der Waals surface area (Å²) in [7, 11) is -10.7. The molecular weight excluding hydrogens is 727 g/mol. The van der Waals surface area contributed by atoms with Crippen molar-refractivity contribution in [2.45, 2.75) is 109 Å². The molecule has 0 N–H and O–H groups in total. The van der Waals surface area contributed by atoms with E-state index >= 15 is 0 Å². The molecule has 0 fully saturated rings. The van der Waals surface area contributed by atoms with Gasteiger partial charge in [0.25, 0.3) is 0 Å². The van der Waals surface area contributed by atoms with Crippen molar-refractivity contribution in [3.8, 4) is 11.1 Å². The van der Waals surface area contributed by atoms with Crippen LogP contribution in [0.15, 0.2) is 89.2 Å². The molecule has 288 valence electrons. The van der Waals surface area contributed by atoms with E-state index in [-0.39, 0.29) is 0 Å². The Balaban J connectivity index is 0.000000521. The quantitative estimate of drug-likeness (QED) is 0.0955. The van der Waals surface area contributed by atoms with Crippen LogP contribution in [0.25, 0.3) is 11.1 Å². The van der Waals surface area contributed by atoms with Crippen molar-refractivity contribution >= 4 is 19.2 Å². The van der Waals surface area contributed by atoms with Gasteiger partial charge in [-0.2, -0.15) is 0 Å². The molecule has 5 aliphatic carbocycles. The Hall–Kier alpha value is -4.23. The Bertz CT molecular complexity index is 2430. The van der Waals surface area contributed by atoms with Crippen LogP contribution in [0.4, 0.5) is 36.6 Å². The number of para-hydroxylation sites is 2. The minimum absolute atomic E-state index is 0.360. The summed E-state index contributed by atoms with van der Waals surface area (Å²) >= 11 is 0. The molecule has 2 spiro atoms. The van der Waals surface area contributed by atoms with Gasteiger partial charge in [-0.05, 0) is 87.5 Å². The summed E-state index contributed by atoms with van der Waals surface area (Å²) in [5.41, 5.74) is 22.4. The normalized spacial score (nSPS) is 23.2. The van der Waals surface area contributed by atoms with Crippen LogP contribution in [0.2, 0.25) is 0 Å². The first kappa shape index (κ1) is 36.4. The number of hydrogen-bond acceptors (Lipinski definition) is 2. The molecule has 0 bridgehead atoms. The van der Waals surface area contributed by atoms with Crippen LogP contribution < -0.4 is 5.01 Å². The zero-order valence-electron chi connectivity index (χ0n) is 32.4. The first-order chi connectivity index (χ1) is 25.6. The van der Waals surface area contributed by atoms with Crippen molar-refractivity contribution in [1.82, 2.24) is 0 Å². The summed E-state index contributed by atoms with van der Waals surface area (Å²) in [6, 6.07) is 23.9. The van der Waals surface area contributed by atoms with Crippen LogP contribution in [0.1, 0.15) is 135 Å². The van der Waals surface area contributed by atoms with Crippen LogP contribution in [0, 0.1) is 0 Å². The van der Waals surface area contributed by atoms with E-state index in [0.717, 1.165) is 19.3 Å². The number of benzene rings is 4. The van der Waals surface area contributed by atoms with Gasteiger partial charge in [0.15, 0.2) is 11.4 Å². The van der Waals surface area contributed by atoms with E-state index < -0.39 is 18.9 Å². The fourth-order valence-electron chi connectivity index (χ4n) is 10.9. The number of halogens is 6. The zero-order chi connectivity index (χ0) is 39.4. The number of nitrogens with zero attached hydrogens (tertiary/aromatic N) is 3. The van der Waals surface area contributed by atoms with Gasteiger partial charge < -0.3 is 0 Å². The van der Waals surface area contributed by atoms with Crippen LogP contribution >= 0.6 is 7.81 Å². The van der Waals surface area contributed by atoms with E-state index in [9.17, 15) is 25.2 Å². The topological polar surface area (TPSA) is 18.6 Å². The third-order valence-electron chi connectivity index (χ3n) is 12.7. The Labute approximate surface area is 318 Å². The standard InChI is InChI=1S/C45H46N3.F6P/c1-24(2)34-11-9-12-35(25(3)4)42(34)47-44-32-19-20-33-23-31-18-16-29-21-28-15-17-30(22-32)40(44)38(28)39(29)41(31)45(33,44)48(46-47)43-36(26(5)6)13-10-14-37(43)27(7)8;1-7(2,3,4,5)6/h9-20,24-27H,21-23H2,1-8H3;/q+1;-1/t44-,45+;. The minimum atomic E-state index is -10.7. The Morgan fingerprint density at radius 2 is 0.982 bits per heavy atom. The number of allylic oxidation sites excluding steroid dienone is 2. The molecule has 4 aromatic rings. The molecule has 0 saturated carbocycles. The fourth-order valence-corrected chi connectivity index (χ4v) is 10.9. The monoisotopic (exact) mass is 773 g/mol. The Morgan fingerprint density at radius 1 is 0.564 bits per heavy atom. The molecule has 10 rings (SSSR count). The molecule has 0 unspecified atom stereocenters. The molecular formula is C45H46F6N3P. The summed E-state index contributed by atoms with van der Waals surface area (Å²) < 4.78 is 61.8. The average Bonchev–Trinajstić information content (AvgIpc) is 3.81. The van der Waals surface area contributed by atoms with Gasteiger partial charge in [-0.25, -0.2) is 0 Å². The van der Waals surface area contributed by atoms with Gasteiger partial charge >= 0.3 is 33.0 Å². The van der Waals surface area contributed by atoms with Gasteiger partial charge in [-0.3, -0.25) is 0 Å². The number of rotatable bonds is 6. The van der Waals surface area contributed by atoms with Gasteiger partial charge in [0.2, 0.25) is 11.1 Å². The Morgan fingerprint density at radius 3 is 1.49 bits per heavy atom. The molecule has 2 atom stereocenters. The summed E-state index contributed by atoms with van der Waals surface area (Å²) in [4.78, 5) is 0. The van der Waals surface area contributed by atoms with Crippen LogP contribution in [0.3, 0.4) is 0 Å². The summed E-state index contributed by atoms with van der Waals surface area (Å²) in [5.74, 6) is 1.44.